The first-order valence-corrected chi connectivity index (χ1v) is 9.35. The summed E-state index contributed by atoms with van der Waals surface area (Å²) in [5, 5.41) is 16.2. The van der Waals surface area contributed by atoms with Crippen molar-refractivity contribution in [2.24, 2.45) is 5.92 Å². The number of anilines is 1. The molecule has 126 valence electrons. The first-order chi connectivity index (χ1) is 11.6. The van der Waals surface area contributed by atoms with Gasteiger partial charge in [0.1, 0.15) is 0 Å². The van der Waals surface area contributed by atoms with Gasteiger partial charge in [-0.25, -0.2) is 9.50 Å². The van der Waals surface area contributed by atoms with Crippen LogP contribution in [0.5, 0.6) is 0 Å². The summed E-state index contributed by atoms with van der Waals surface area (Å²) in [6, 6.07) is 7.67. The van der Waals surface area contributed by atoms with Gasteiger partial charge in [-0.1, -0.05) is 35.1 Å². The van der Waals surface area contributed by atoms with Gasteiger partial charge in [0.2, 0.25) is 10.1 Å². The van der Waals surface area contributed by atoms with Crippen LogP contribution < -0.4 is 4.90 Å². The predicted molar refractivity (Wildman–Crippen MR) is 97.9 cm³/mol. The van der Waals surface area contributed by atoms with Crippen molar-refractivity contribution in [3.05, 3.63) is 35.5 Å². The summed E-state index contributed by atoms with van der Waals surface area (Å²) in [4.78, 5) is 7.83. The van der Waals surface area contributed by atoms with Gasteiger partial charge in [-0.05, 0) is 31.9 Å². The molecule has 1 aliphatic rings. The van der Waals surface area contributed by atoms with E-state index in [1.54, 1.807) is 11.3 Å². The third-order valence-electron chi connectivity index (χ3n) is 4.58. The zero-order valence-electron chi connectivity index (χ0n) is 13.4. The van der Waals surface area contributed by atoms with Crippen LogP contribution in [0.4, 0.5) is 5.13 Å². The molecule has 0 radical (unpaired) electrons. The summed E-state index contributed by atoms with van der Waals surface area (Å²) in [5.74, 6) is 0.319. The van der Waals surface area contributed by atoms with E-state index in [-0.39, 0.29) is 6.10 Å². The molecule has 0 aliphatic carbocycles. The van der Waals surface area contributed by atoms with E-state index in [9.17, 15) is 5.11 Å². The van der Waals surface area contributed by atoms with Gasteiger partial charge in [-0.2, -0.15) is 0 Å². The molecule has 4 rings (SSSR count). The highest BCUT2D eigenvalue weighted by Crippen LogP contribution is 2.30. The average molecular weight is 363 g/mol. The highest BCUT2D eigenvalue weighted by atomic mass is 35.5. The lowest BCUT2D eigenvalue weighted by Gasteiger charge is -2.33. The molecular weight excluding hydrogens is 344 g/mol. The molecule has 2 atom stereocenters. The number of benzene rings is 1. The van der Waals surface area contributed by atoms with Crippen molar-refractivity contribution in [1.29, 1.82) is 0 Å². The molecule has 1 saturated heterocycles. The molecule has 1 fully saturated rings. The van der Waals surface area contributed by atoms with Crippen LogP contribution in [-0.4, -0.2) is 38.9 Å². The average Bonchev–Trinajstić information content (AvgIpc) is 3.14. The minimum atomic E-state index is -0.270. The first-order valence-electron chi connectivity index (χ1n) is 8.15. The number of aliphatic hydroxyl groups excluding tert-OH is 1. The Labute approximate surface area is 149 Å². The summed E-state index contributed by atoms with van der Waals surface area (Å²) in [6.45, 7) is 3.73. The second-order valence-corrected chi connectivity index (χ2v) is 7.70. The number of halogens is 1. The molecule has 0 amide bonds. The Morgan fingerprint density at radius 3 is 2.83 bits per heavy atom. The Bertz CT molecular complexity index is 811. The minimum Gasteiger partial charge on any atom is -0.393 e. The molecule has 2 unspecified atom stereocenters. The fraction of sp³-hybridized carbons (Fsp3) is 0.412. The van der Waals surface area contributed by atoms with Crippen LogP contribution in [0.1, 0.15) is 19.8 Å². The van der Waals surface area contributed by atoms with Crippen LogP contribution in [0, 0.1) is 5.92 Å². The van der Waals surface area contributed by atoms with Crippen molar-refractivity contribution < 1.29 is 5.11 Å². The Morgan fingerprint density at radius 1 is 1.33 bits per heavy atom. The first kappa shape index (κ1) is 15.9. The Balaban J connectivity index is 1.58. The maximum atomic E-state index is 9.85. The fourth-order valence-corrected chi connectivity index (χ4v) is 4.20. The number of aliphatic hydroxyl groups is 1. The molecule has 0 spiro atoms. The van der Waals surface area contributed by atoms with Crippen molar-refractivity contribution in [2.45, 2.75) is 25.9 Å². The number of hydrogen-bond donors (Lipinski definition) is 1. The summed E-state index contributed by atoms with van der Waals surface area (Å²) in [6.07, 6.45) is 3.85. The summed E-state index contributed by atoms with van der Waals surface area (Å²) < 4.78 is 1.84. The molecular formula is C17H19ClN4OS. The standard InChI is InChI=1S/C17H19ClN4OS/c1-11(23)13-3-2-8-21(9-13)17-20-22-10-15(19-16(22)24-17)12-4-6-14(18)7-5-12/h4-7,10-11,13,23H,2-3,8-9H2,1H3. The predicted octanol–water partition coefficient (Wildman–Crippen LogP) is 3.71. The summed E-state index contributed by atoms with van der Waals surface area (Å²) in [5.41, 5.74) is 1.93. The summed E-state index contributed by atoms with van der Waals surface area (Å²) in [7, 11) is 0. The zero-order valence-corrected chi connectivity index (χ0v) is 15.0. The molecule has 3 aromatic rings. The number of fused-ring (bicyclic) bond motifs is 1. The van der Waals surface area contributed by atoms with E-state index < -0.39 is 0 Å². The second kappa shape index (κ2) is 6.35. The van der Waals surface area contributed by atoms with Gasteiger partial charge >= 0.3 is 0 Å². The number of piperidine rings is 1. The molecule has 1 aromatic carbocycles. The molecule has 3 heterocycles. The maximum Gasteiger partial charge on any atom is 0.214 e. The van der Waals surface area contributed by atoms with E-state index >= 15 is 0 Å². The van der Waals surface area contributed by atoms with Gasteiger partial charge in [0, 0.05) is 29.6 Å². The van der Waals surface area contributed by atoms with E-state index in [1.807, 2.05) is 41.9 Å². The number of aromatic nitrogens is 3. The van der Waals surface area contributed by atoms with Crippen LogP contribution >= 0.6 is 22.9 Å². The normalized spacial score (nSPS) is 19.8. The number of hydrogen-bond acceptors (Lipinski definition) is 5. The largest absolute Gasteiger partial charge is 0.393 e. The molecule has 1 aliphatic heterocycles. The Morgan fingerprint density at radius 2 is 2.12 bits per heavy atom. The van der Waals surface area contributed by atoms with E-state index in [0.29, 0.717) is 5.92 Å². The lowest BCUT2D eigenvalue weighted by atomic mass is 9.94. The van der Waals surface area contributed by atoms with Crippen molar-refractivity contribution in [3.63, 3.8) is 0 Å². The molecule has 0 saturated carbocycles. The van der Waals surface area contributed by atoms with Gasteiger partial charge in [-0.3, -0.25) is 0 Å². The number of nitrogens with zero attached hydrogens (tertiary/aromatic N) is 4. The number of imidazole rings is 1. The van der Waals surface area contributed by atoms with Gasteiger partial charge in [-0.15, -0.1) is 5.10 Å². The van der Waals surface area contributed by atoms with Crippen LogP contribution in [0.2, 0.25) is 5.02 Å². The van der Waals surface area contributed by atoms with Crippen molar-refractivity contribution in [1.82, 2.24) is 14.6 Å². The zero-order chi connectivity index (χ0) is 16.7. The van der Waals surface area contributed by atoms with E-state index in [2.05, 4.69) is 15.0 Å². The molecule has 5 nitrogen and oxygen atoms in total. The molecule has 0 bridgehead atoms. The van der Waals surface area contributed by atoms with Crippen molar-refractivity contribution >= 4 is 33.0 Å². The van der Waals surface area contributed by atoms with Crippen molar-refractivity contribution in [2.75, 3.05) is 18.0 Å². The van der Waals surface area contributed by atoms with E-state index in [0.717, 1.165) is 52.3 Å². The maximum absolute atomic E-state index is 9.85. The van der Waals surface area contributed by atoms with Crippen LogP contribution in [0.3, 0.4) is 0 Å². The lowest BCUT2D eigenvalue weighted by Crippen LogP contribution is -2.39. The smallest absolute Gasteiger partial charge is 0.214 e. The SMILES string of the molecule is CC(O)C1CCCN(c2nn3cc(-c4ccc(Cl)cc4)nc3s2)C1. The van der Waals surface area contributed by atoms with Crippen LogP contribution in [0.15, 0.2) is 30.5 Å². The fourth-order valence-electron chi connectivity index (χ4n) is 3.15. The van der Waals surface area contributed by atoms with Crippen LogP contribution in [-0.2, 0) is 0 Å². The lowest BCUT2D eigenvalue weighted by molar-refractivity contribution is 0.115. The molecule has 24 heavy (non-hydrogen) atoms. The topological polar surface area (TPSA) is 53.7 Å². The van der Waals surface area contributed by atoms with Gasteiger partial charge in [0.25, 0.3) is 0 Å². The minimum absolute atomic E-state index is 0.270. The third-order valence-corrected chi connectivity index (χ3v) is 5.82. The highest BCUT2D eigenvalue weighted by molar-refractivity contribution is 7.20. The van der Waals surface area contributed by atoms with Crippen molar-refractivity contribution in [3.8, 4) is 11.3 Å². The Kier molecular flexibility index (Phi) is 4.20. The van der Waals surface area contributed by atoms with Crippen LogP contribution in [0.25, 0.3) is 16.2 Å². The van der Waals surface area contributed by atoms with Gasteiger partial charge in [0.15, 0.2) is 0 Å². The Hall–Kier alpha value is -1.63. The van der Waals surface area contributed by atoms with E-state index in [4.69, 9.17) is 11.6 Å². The van der Waals surface area contributed by atoms with E-state index in [1.165, 1.54) is 0 Å². The van der Waals surface area contributed by atoms with Gasteiger partial charge in [0.05, 0.1) is 18.0 Å². The quantitative estimate of drug-likeness (QED) is 0.771. The summed E-state index contributed by atoms with van der Waals surface area (Å²) >= 11 is 7.53. The second-order valence-electron chi connectivity index (χ2n) is 6.33. The molecule has 7 heteroatoms. The highest BCUT2D eigenvalue weighted by Gasteiger charge is 2.25. The monoisotopic (exact) mass is 362 g/mol. The molecule has 1 N–H and O–H groups in total. The number of rotatable bonds is 3. The van der Waals surface area contributed by atoms with Gasteiger partial charge < -0.3 is 10.0 Å². The third kappa shape index (κ3) is 3.01. The molecule has 2 aromatic heterocycles.